The molecule has 0 aromatic carbocycles. The molecule has 29 heteroatoms. The van der Waals surface area contributed by atoms with Gasteiger partial charge in [0.15, 0.2) is 17.9 Å². The highest BCUT2D eigenvalue weighted by Gasteiger charge is 2.35. The van der Waals surface area contributed by atoms with Crippen molar-refractivity contribution >= 4 is 65.2 Å². The van der Waals surface area contributed by atoms with Crippen LogP contribution in [0.3, 0.4) is 0 Å². The standard InChI is InChI=1S/C35H67N17O12/c1-16(2)24(52-28(59)20(9-6-12-45-35(41)42)48-29(60)21(13-53)49-25(56)17(3)36)31(62)50-22(14-54)30(61)47-18(7-4-10-43-33(37)38)26(57)46-19(8-5-11-44-34(39)40)27(58)51-23(15-55)32(63)64/h16-24,53-55H,4-15,36H2,1-3H3,(H,46,57)(H,47,61)(H,48,60)(H,49,56)(H,50,62)(H,51,58)(H,52,59)(H,63,64)(H4,37,38,43)(H4,39,40,44)(H4,41,42,45)/t17-,18-,19-,20-,21-,22-,23-,24-/m0/s1. The average Bonchev–Trinajstić information content (AvgIpc) is 3.21. The molecule has 0 unspecified atom stereocenters. The molecule has 0 fully saturated rings. The normalized spacial score (nSPS) is 14.6. The van der Waals surface area contributed by atoms with Gasteiger partial charge < -0.3 is 96.5 Å². The third-order valence-corrected chi connectivity index (χ3v) is 8.94. The van der Waals surface area contributed by atoms with Crippen molar-refractivity contribution in [1.82, 2.24) is 53.2 Å². The maximum absolute atomic E-state index is 13.7. The number of aliphatic hydroxyl groups excluding tert-OH is 3. The number of carbonyl (C=O) groups excluding carboxylic acids is 7. The van der Waals surface area contributed by atoms with Gasteiger partial charge in [-0.15, -0.1) is 0 Å². The van der Waals surface area contributed by atoms with Crippen LogP contribution in [0.5, 0.6) is 0 Å². The Labute approximate surface area is 369 Å². The lowest BCUT2D eigenvalue weighted by atomic mass is 10.0. The van der Waals surface area contributed by atoms with Gasteiger partial charge in [0.2, 0.25) is 41.4 Å². The SMILES string of the molecule is CC(C)[C@H](NC(=O)[C@H](CCCNC(=N)N)NC(=O)[C@H](CO)NC(=O)[C@H](C)N)C(=O)N[C@@H](CO)C(=O)N[C@@H](CCCNC(=N)N)C(=O)N[C@@H](CCCNC(=N)N)C(=O)N[C@@H](CO)C(=O)O. The smallest absolute Gasteiger partial charge is 0.328 e. The molecule has 0 bridgehead atoms. The van der Waals surface area contributed by atoms with Gasteiger partial charge >= 0.3 is 5.97 Å². The van der Waals surface area contributed by atoms with E-state index in [9.17, 15) is 58.8 Å². The van der Waals surface area contributed by atoms with Crippen molar-refractivity contribution < 1.29 is 58.8 Å². The Bertz CT molecular complexity index is 1620. The lowest BCUT2D eigenvalue weighted by Gasteiger charge is -2.28. The van der Waals surface area contributed by atoms with Crippen LogP contribution in [0.1, 0.15) is 59.3 Å². The summed E-state index contributed by atoms with van der Waals surface area (Å²) in [6.45, 7) is 1.73. The van der Waals surface area contributed by atoms with Crippen LogP contribution in [0.25, 0.3) is 0 Å². The van der Waals surface area contributed by atoms with Gasteiger partial charge in [0.1, 0.15) is 42.3 Å². The summed E-state index contributed by atoms with van der Waals surface area (Å²) in [4.78, 5) is 104. The zero-order valence-corrected chi connectivity index (χ0v) is 36.0. The number of carboxylic acids is 1. The van der Waals surface area contributed by atoms with Crippen molar-refractivity contribution in [2.24, 2.45) is 28.9 Å². The highest BCUT2D eigenvalue weighted by atomic mass is 16.4. The number of carboxylic acid groups (broad SMARTS) is 1. The summed E-state index contributed by atoms with van der Waals surface area (Å²) in [6.07, 6.45) is -0.0834. The van der Waals surface area contributed by atoms with Crippen LogP contribution >= 0.6 is 0 Å². The predicted molar refractivity (Wildman–Crippen MR) is 228 cm³/mol. The molecule has 64 heavy (non-hydrogen) atoms. The maximum atomic E-state index is 13.7. The van der Waals surface area contributed by atoms with Crippen molar-refractivity contribution in [3.8, 4) is 0 Å². The number of aliphatic hydroxyl groups is 3. The summed E-state index contributed by atoms with van der Waals surface area (Å²) < 4.78 is 0. The molecule has 0 saturated heterocycles. The second kappa shape index (κ2) is 30.5. The van der Waals surface area contributed by atoms with Crippen molar-refractivity contribution in [1.29, 1.82) is 16.2 Å². The third kappa shape index (κ3) is 23.0. The maximum Gasteiger partial charge on any atom is 0.328 e. The Hall–Kier alpha value is -6.59. The van der Waals surface area contributed by atoms with Crippen LogP contribution < -0.4 is 76.1 Å². The summed E-state index contributed by atoms with van der Waals surface area (Å²) in [5.74, 6) is -10.1. The summed E-state index contributed by atoms with van der Waals surface area (Å²) in [5, 5.41) is 84.7. The molecular weight excluding hydrogens is 850 g/mol. The van der Waals surface area contributed by atoms with E-state index in [4.69, 9.17) is 39.2 Å². The van der Waals surface area contributed by atoms with Gasteiger partial charge in [-0.2, -0.15) is 0 Å². The van der Waals surface area contributed by atoms with Gasteiger partial charge in [0.25, 0.3) is 0 Å². The molecule has 0 aliphatic rings. The second-order valence-corrected chi connectivity index (χ2v) is 14.7. The molecule has 29 nitrogen and oxygen atoms in total. The minimum Gasteiger partial charge on any atom is -0.480 e. The van der Waals surface area contributed by atoms with E-state index in [0.29, 0.717) is 0 Å². The minimum absolute atomic E-state index is 0.0409. The lowest BCUT2D eigenvalue weighted by Crippen LogP contribution is -2.61. The monoisotopic (exact) mass is 918 g/mol. The lowest BCUT2D eigenvalue weighted by molar-refractivity contribution is -0.143. The van der Waals surface area contributed by atoms with Crippen molar-refractivity contribution in [3.05, 3.63) is 0 Å². The first-order valence-electron chi connectivity index (χ1n) is 20.2. The molecule has 0 aromatic heterocycles. The van der Waals surface area contributed by atoms with E-state index in [0.717, 1.165) is 0 Å². The number of aliphatic carboxylic acids is 1. The molecule has 0 aliphatic heterocycles. The fourth-order valence-corrected chi connectivity index (χ4v) is 5.41. The Morgan fingerprint density at radius 3 is 1.02 bits per heavy atom. The Morgan fingerprint density at radius 2 is 0.734 bits per heavy atom. The number of amides is 7. The van der Waals surface area contributed by atoms with Crippen LogP contribution in [0.15, 0.2) is 0 Å². The Morgan fingerprint density at radius 1 is 0.453 bits per heavy atom. The topological polar surface area (TPSA) is 513 Å². The van der Waals surface area contributed by atoms with Crippen molar-refractivity contribution in [2.45, 2.75) is 108 Å². The van der Waals surface area contributed by atoms with Crippen LogP contribution in [-0.4, -0.2) is 173 Å². The van der Waals surface area contributed by atoms with Crippen LogP contribution in [0.2, 0.25) is 0 Å². The van der Waals surface area contributed by atoms with E-state index in [-0.39, 0.29) is 70.1 Å². The number of nitrogens with two attached hydrogens (primary N) is 4. The van der Waals surface area contributed by atoms with Gasteiger partial charge in [0, 0.05) is 19.6 Å². The molecule has 0 aliphatic carbocycles. The highest BCUT2D eigenvalue weighted by Crippen LogP contribution is 2.08. The summed E-state index contributed by atoms with van der Waals surface area (Å²) in [7, 11) is 0. The van der Waals surface area contributed by atoms with Crippen molar-refractivity contribution in [3.63, 3.8) is 0 Å². The number of rotatable bonds is 31. The zero-order valence-electron chi connectivity index (χ0n) is 36.0. The van der Waals surface area contributed by atoms with Gasteiger partial charge in [-0.3, -0.25) is 49.8 Å². The molecule has 8 atom stereocenters. The molecule has 0 saturated carbocycles. The van der Waals surface area contributed by atoms with E-state index in [1.54, 1.807) is 0 Å². The van der Waals surface area contributed by atoms with Gasteiger partial charge in [-0.1, -0.05) is 13.8 Å². The number of hydrogen-bond acceptors (Lipinski definition) is 15. The highest BCUT2D eigenvalue weighted by molar-refractivity contribution is 5.97. The number of guanidine groups is 3. The summed E-state index contributed by atoms with van der Waals surface area (Å²) in [5.41, 5.74) is 21.5. The second-order valence-electron chi connectivity index (χ2n) is 14.7. The van der Waals surface area contributed by atoms with Crippen LogP contribution in [0.4, 0.5) is 0 Å². The molecular formula is C35H67N17O12. The zero-order chi connectivity index (χ0) is 49.1. The van der Waals surface area contributed by atoms with E-state index >= 15 is 0 Å². The summed E-state index contributed by atoms with van der Waals surface area (Å²) >= 11 is 0. The minimum atomic E-state index is -1.75. The number of carbonyl (C=O) groups is 8. The first-order valence-corrected chi connectivity index (χ1v) is 20.2. The Kier molecular flexibility index (Phi) is 27.3. The van der Waals surface area contributed by atoms with E-state index in [2.05, 4.69) is 53.2 Å². The molecule has 0 spiro atoms. The molecule has 7 amide bonds. The molecule has 25 N–H and O–H groups in total. The fourth-order valence-electron chi connectivity index (χ4n) is 5.41. The molecule has 364 valence electrons. The number of nitrogens with one attached hydrogen (secondary N) is 13. The van der Waals surface area contributed by atoms with Crippen LogP contribution in [0, 0.1) is 22.1 Å². The third-order valence-electron chi connectivity index (χ3n) is 8.94. The van der Waals surface area contributed by atoms with E-state index in [1.165, 1.54) is 20.8 Å². The molecule has 0 aromatic rings. The fraction of sp³-hybridized carbons (Fsp3) is 0.686. The predicted octanol–water partition coefficient (Wildman–Crippen LogP) is -8.77. The van der Waals surface area contributed by atoms with E-state index in [1.807, 2.05) is 0 Å². The van der Waals surface area contributed by atoms with Gasteiger partial charge in [-0.05, 0) is 51.4 Å². The van der Waals surface area contributed by atoms with Crippen molar-refractivity contribution in [2.75, 3.05) is 39.5 Å². The Balaban J connectivity index is 6.39. The quantitative estimate of drug-likeness (QED) is 0.0174. The number of hydrogen-bond donors (Lipinski definition) is 21. The van der Waals surface area contributed by atoms with Crippen LogP contribution in [-0.2, 0) is 38.4 Å². The largest absolute Gasteiger partial charge is 0.480 e. The first-order chi connectivity index (χ1) is 30.0. The molecule has 0 radical (unpaired) electrons. The van der Waals surface area contributed by atoms with Gasteiger partial charge in [0.05, 0.1) is 25.9 Å². The summed E-state index contributed by atoms with van der Waals surface area (Å²) in [6, 6.07) is -11.8. The molecule has 0 rings (SSSR count). The van der Waals surface area contributed by atoms with Gasteiger partial charge in [-0.25, -0.2) is 4.79 Å². The first kappa shape index (κ1) is 57.4. The average molecular weight is 918 g/mol. The molecule has 0 heterocycles. The van der Waals surface area contributed by atoms with E-state index < -0.39 is 127 Å².